The number of sulfonamides is 2. The summed E-state index contributed by atoms with van der Waals surface area (Å²) in [5.74, 6) is -12.9. The highest BCUT2D eigenvalue weighted by molar-refractivity contribution is 7.93. The van der Waals surface area contributed by atoms with Gasteiger partial charge in [-0.05, 0) is 111 Å². The fourth-order valence-corrected chi connectivity index (χ4v) is 10.2. The molecular weight excluding hydrogens is 1220 g/mol. The summed E-state index contributed by atoms with van der Waals surface area (Å²) in [5.41, 5.74) is -18.4. The van der Waals surface area contributed by atoms with Crippen LogP contribution in [0.25, 0.3) is 0 Å². The number of aromatic hydroxyl groups is 8. The van der Waals surface area contributed by atoms with Crippen molar-refractivity contribution in [3.05, 3.63) is 154 Å². The molecule has 6 aromatic rings. The normalized spacial score (nSPS) is 16.6. The number of ketones is 2. The Morgan fingerprint density at radius 2 is 0.736 bits per heavy atom. The Bertz CT molecular complexity index is 3630. The molecule has 0 radical (unpaired) electrons. The first-order valence-electron chi connectivity index (χ1n) is 24.8. The van der Waals surface area contributed by atoms with Gasteiger partial charge in [-0.2, -0.15) is 43.2 Å². The summed E-state index contributed by atoms with van der Waals surface area (Å²) in [4.78, 5) is 77.2. The Hall–Kier alpha value is -10.0. The molecule has 0 heterocycles. The third-order valence-corrected chi connectivity index (χ3v) is 15.3. The van der Waals surface area contributed by atoms with Crippen LogP contribution >= 0.6 is 0 Å². The molecule has 4 atom stereocenters. The number of carbonyl (C=O) groups excluding carboxylic acids is 6. The van der Waals surface area contributed by atoms with Crippen LogP contribution < -0.4 is 20.1 Å². The summed E-state index contributed by atoms with van der Waals surface area (Å²) in [6.45, 7) is 0. The summed E-state index contributed by atoms with van der Waals surface area (Å²) in [6.07, 6.45) is 1.01. The lowest BCUT2D eigenvalue weighted by atomic mass is 9.97. The molecule has 25 nitrogen and oxygen atoms in total. The van der Waals surface area contributed by atoms with E-state index in [1.807, 2.05) is 0 Å². The lowest BCUT2D eigenvalue weighted by Gasteiger charge is -2.22. The van der Waals surface area contributed by atoms with Crippen LogP contribution in [0.15, 0.2) is 109 Å². The Kier molecular flexibility index (Phi) is 19.8. The van der Waals surface area contributed by atoms with E-state index in [9.17, 15) is 113 Å². The molecule has 8 rings (SSSR count). The monoisotopic (exact) mass is 1270 g/mol. The molecule has 2 aliphatic rings. The van der Waals surface area contributed by atoms with Crippen molar-refractivity contribution >= 4 is 66.7 Å². The second-order valence-electron chi connectivity index (χ2n) is 18.9. The van der Waals surface area contributed by atoms with Crippen molar-refractivity contribution in [3.63, 3.8) is 0 Å². The molecule has 0 aromatic heterocycles. The van der Waals surface area contributed by atoms with E-state index in [2.05, 4.69) is 10.6 Å². The molecule has 0 aliphatic heterocycles. The zero-order valence-electron chi connectivity index (χ0n) is 44.0. The molecule has 6 aromatic carbocycles. The number of nitrogens with one attached hydrogen (secondary N) is 4. The molecule has 0 bridgehead atoms. The fraction of sp³-hybridized carbons (Fsp3) is 0.222. The van der Waals surface area contributed by atoms with Gasteiger partial charge in [-0.3, -0.25) is 28.6 Å². The number of para-hydroxylation sites is 2. The van der Waals surface area contributed by atoms with Crippen LogP contribution in [0.2, 0.25) is 0 Å². The predicted molar refractivity (Wildman–Crippen MR) is 288 cm³/mol. The number of phenols is 8. The van der Waals surface area contributed by atoms with Gasteiger partial charge >= 0.3 is 43.0 Å². The van der Waals surface area contributed by atoms with E-state index in [1.54, 1.807) is 12.1 Å². The standard InChI is InChI=1S/2C27H23F3N2O10S.H2O/c2*28-27(29,30)43(40,41)32-16-7-3-9-18(34)22(16)24(37)23-19(35)11-13(12-20(23)36)26(39)42-21-10-4-6-15(21)31-25(38)14-5-1-2-8-17(14)33;/h2*1-3,5,7-9,11-12,15,21,32-36H,4,6,10H2,(H,31,38);1H2/t2*15-,21-;/m00./s1. The first kappa shape index (κ1) is 66.1. The highest BCUT2D eigenvalue weighted by atomic mass is 32.2. The number of esters is 2. The number of benzene rings is 6. The highest BCUT2D eigenvalue weighted by Gasteiger charge is 2.48. The van der Waals surface area contributed by atoms with Gasteiger partial charge < -0.3 is 66.4 Å². The van der Waals surface area contributed by atoms with Crippen molar-refractivity contribution in [2.45, 2.75) is 73.8 Å². The Morgan fingerprint density at radius 1 is 0.425 bits per heavy atom. The SMILES string of the molecule is O.O=C(O[C@H]1CCC[C@@H]1NC(=O)c1ccccc1O)c1cc(O)c(C(=O)c2c(O)cccc2NS(=O)(=O)C(F)(F)F)c(O)c1.O=C(O[C@H]1CCC[C@@H]1NC(=O)c1ccccc1O)c1cc(O)c(C(=O)c2c(O)cccc2NS(=O)(=O)C(F)(F)F)c(O)c1. The van der Waals surface area contributed by atoms with Crippen LogP contribution in [0.5, 0.6) is 46.0 Å². The van der Waals surface area contributed by atoms with Gasteiger partial charge in [0.1, 0.15) is 69.3 Å². The second-order valence-corrected chi connectivity index (χ2v) is 22.2. The third kappa shape index (κ3) is 14.7. The quantitative estimate of drug-likeness (QED) is 0.0292. The van der Waals surface area contributed by atoms with Crippen molar-refractivity contribution in [3.8, 4) is 46.0 Å². The number of phenolic OH excluding ortho intramolecular Hbond substituents is 8. The van der Waals surface area contributed by atoms with E-state index < -0.39 is 170 Å². The molecule has 464 valence electrons. The summed E-state index contributed by atoms with van der Waals surface area (Å²) >= 11 is 0. The number of amides is 2. The molecule has 2 aliphatic carbocycles. The lowest BCUT2D eigenvalue weighted by Crippen LogP contribution is -2.42. The van der Waals surface area contributed by atoms with Crippen molar-refractivity contribution in [1.29, 1.82) is 0 Å². The van der Waals surface area contributed by atoms with Crippen LogP contribution in [0.1, 0.15) is 112 Å². The Morgan fingerprint density at radius 3 is 1.05 bits per heavy atom. The number of hydrogen-bond acceptors (Lipinski definition) is 20. The minimum absolute atomic E-state index is 0. The number of rotatable bonds is 16. The van der Waals surface area contributed by atoms with Crippen molar-refractivity contribution in [2.75, 3.05) is 9.44 Å². The molecule has 0 spiro atoms. The summed E-state index contributed by atoms with van der Waals surface area (Å²) < 4.78 is 137. The number of anilines is 2. The predicted octanol–water partition coefficient (Wildman–Crippen LogP) is 6.19. The number of alkyl halides is 6. The molecule has 2 fully saturated rings. The second kappa shape index (κ2) is 26.1. The van der Waals surface area contributed by atoms with Crippen molar-refractivity contribution in [2.24, 2.45) is 0 Å². The van der Waals surface area contributed by atoms with Crippen LogP contribution in [0, 0.1) is 0 Å². The maximum Gasteiger partial charge on any atom is 0.516 e. The van der Waals surface area contributed by atoms with E-state index in [4.69, 9.17) is 9.47 Å². The number of ether oxygens (including phenoxy) is 2. The fourth-order valence-electron chi connectivity index (χ4n) is 9.01. The molecule has 87 heavy (non-hydrogen) atoms. The average molecular weight is 1270 g/mol. The van der Waals surface area contributed by atoms with Gasteiger partial charge in [-0.1, -0.05) is 36.4 Å². The summed E-state index contributed by atoms with van der Waals surface area (Å²) in [5, 5.41) is 87.5. The van der Waals surface area contributed by atoms with Crippen molar-refractivity contribution < 1.29 is 128 Å². The zero-order valence-corrected chi connectivity index (χ0v) is 45.6. The molecule has 2 amide bonds. The van der Waals surface area contributed by atoms with Crippen molar-refractivity contribution in [1.82, 2.24) is 10.6 Å². The number of hydrogen-bond donors (Lipinski definition) is 12. The third-order valence-electron chi connectivity index (χ3n) is 13.1. The van der Waals surface area contributed by atoms with Crippen LogP contribution in [0.4, 0.5) is 37.7 Å². The molecular formula is C54H48F6N4O21S2. The van der Waals surface area contributed by atoms with E-state index in [0.717, 1.165) is 70.1 Å². The van der Waals surface area contributed by atoms with E-state index in [0.29, 0.717) is 38.5 Å². The molecule has 2 saturated carbocycles. The molecule has 0 unspecified atom stereocenters. The van der Waals surface area contributed by atoms with Gasteiger partial charge in [-0.25, -0.2) is 9.59 Å². The highest BCUT2D eigenvalue weighted by Crippen LogP contribution is 2.40. The Balaban J connectivity index is 0.000000275. The Labute approximate surface area is 486 Å². The van der Waals surface area contributed by atoms with E-state index in [1.165, 1.54) is 36.4 Å². The lowest BCUT2D eigenvalue weighted by molar-refractivity contribution is -0.0435. The number of carbonyl (C=O) groups is 6. The largest absolute Gasteiger partial charge is 0.516 e. The summed E-state index contributed by atoms with van der Waals surface area (Å²) in [6, 6.07) is 18.3. The van der Waals surface area contributed by atoms with Gasteiger partial charge in [-0.15, -0.1) is 0 Å². The van der Waals surface area contributed by atoms with E-state index in [-0.39, 0.29) is 28.1 Å². The van der Waals surface area contributed by atoms with Crippen LogP contribution in [0.3, 0.4) is 0 Å². The van der Waals surface area contributed by atoms with E-state index >= 15 is 0 Å². The van der Waals surface area contributed by atoms with Gasteiger partial charge in [0, 0.05) is 0 Å². The van der Waals surface area contributed by atoms with Crippen LogP contribution in [-0.4, -0.2) is 134 Å². The maximum atomic E-state index is 13.1. The number of halogens is 6. The first-order valence-corrected chi connectivity index (χ1v) is 27.8. The average Bonchev–Trinajstić information content (AvgIpc) is 2.36. The van der Waals surface area contributed by atoms with Gasteiger partial charge in [0.25, 0.3) is 11.8 Å². The maximum absolute atomic E-state index is 13.1. The molecule has 33 heteroatoms. The minimum Gasteiger partial charge on any atom is -0.507 e. The first-order chi connectivity index (χ1) is 40.2. The van der Waals surface area contributed by atoms with Gasteiger partial charge in [0.2, 0.25) is 11.6 Å². The molecule has 0 saturated heterocycles. The zero-order chi connectivity index (χ0) is 63.4. The summed E-state index contributed by atoms with van der Waals surface area (Å²) in [7, 11) is -12.0. The van der Waals surface area contributed by atoms with Gasteiger partial charge in [0.15, 0.2) is 0 Å². The van der Waals surface area contributed by atoms with Gasteiger partial charge in [0.05, 0.1) is 56.8 Å². The minimum atomic E-state index is -6.02. The van der Waals surface area contributed by atoms with Crippen LogP contribution in [-0.2, 0) is 29.5 Å². The topological polar surface area (TPSA) is 431 Å². The smallest absolute Gasteiger partial charge is 0.507 e. The molecule has 14 N–H and O–H groups in total.